The third kappa shape index (κ3) is 3.17. The van der Waals surface area contributed by atoms with Crippen molar-refractivity contribution in [2.75, 3.05) is 10.0 Å². The van der Waals surface area contributed by atoms with Crippen LogP contribution in [0.3, 0.4) is 0 Å². The molecule has 1 aromatic heterocycles. The number of H-pyrrole nitrogens is 1. The number of anilines is 2. The molecular formula is C15H19N5O2S. The van der Waals surface area contributed by atoms with Gasteiger partial charge < -0.3 is 5.32 Å². The second kappa shape index (κ2) is 5.52. The molecule has 0 amide bonds. The van der Waals surface area contributed by atoms with Crippen LogP contribution in [-0.2, 0) is 22.9 Å². The summed E-state index contributed by atoms with van der Waals surface area (Å²) in [7, 11) is -3.66. The van der Waals surface area contributed by atoms with E-state index in [0.29, 0.717) is 12.0 Å². The molecule has 0 aliphatic heterocycles. The van der Waals surface area contributed by atoms with Gasteiger partial charge in [-0.15, -0.1) is 5.10 Å². The first-order chi connectivity index (χ1) is 11.1. The first kappa shape index (κ1) is 14.5. The number of benzene rings is 1. The summed E-state index contributed by atoms with van der Waals surface area (Å²) in [6.45, 7) is 0. The highest BCUT2D eigenvalue weighted by Gasteiger charge is 2.23. The Labute approximate surface area is 135 Å². The van der Waals surface area contributed by atoms with Crippen LogP contribution in [-0.4, -0.2) is 29.6 Å². The SMILES string of the molecule is O=S(=O)(Nc1nc(NC2CC2)n[nH]1)c1ccc2c(c1)CCCC2. The Bertz CT molecular complexity index is 826. The molecule has 2 aromatic rings. The Balaban J connectivity index is 1.53. The van der Waals surface area contributed by atoms with E-state index in [1.54, 1.807) is 12.1 Å². The minimum absolute atomic E-state index is 0.130. The average Bonchev–Trinajstić information content (AvgIpc) is 3.25. The first-order valence-electron chi connectivity index (χ1n) is 7.94. The zero-order valence-corrected chi connectivity index (χ0v) is 13.5. The summed E-state index contributed by atoms with van der Waals surface area (Å²) in [6.07, 6.45) is 6.46. The van der Waals surface area contributed by atoms with E-state index in [0.717, 1.165) is 37.7 Å². The van der Waals surface area contributed by atoms with E-state index < -0.39 is 10.0 Å². The summed E-state index contributed by atoms with van der Waals surface area (Å²) in [4.78, 5) is 4.39. The second-order valence-corrected chi connectivity index (χ2v) is 7.85. The number of hydrogen-bond donors (Lipinski definition) is 3. The summed E-state index contributed by atoms with van der Waals surface area (Å²) < 4.78 is 27.5. The molecular weight excluding hydrogens is 314 g/mol. The zero-order chi connectivity index (χ0) is 15.9. The van der Waals surface area contributed by atoms with Gasteiger partial charge in [0.2, 0.25) is 11.9 Å². The third-order valence-electron chi connectivity index (χ3n) is 4.26. The Morgan fingerprint density at radius 3 is 2.70 bits per heavy atom. The van der Waals surface area contributed by atoms with Crippen molar-refractivity contribution in [1.29, 1.82) is 0 Å². The summed E-state index contributed by atoms with van der Waals surface area (Å²) >= 11 is 0. The number of nitrogens with zero attached hydrogens (tertiary/aromatic N) is 2. The molecule has 2 aliphatic carbocycles. The van der Waals surface area contributed by atoms with Gasteiger partial charge in [-0.3, -0.25) is 0 Å². The Kier molecular flexibility index (Phi) is 3.48. The Morgan fingerprint density at radius 1 is 1.13 bits per heavy atom. The van der Waals surface area contributed by atoms with Crippen molar-refractivity contribution in [3.8, 4) is 0 Å². The smallest absolute Gasteiger partial charge is 0.264 e. The number of sulfonamides is 1. The van der Waals surface area contributed by atoms with Crippen molar-refractivity contribution in [2.24, 2.45) is 0 Å². The van der Waals surface area contributed by atoms with Gasteiger partial charge in [-0.1, -0.05) is 6.07 Å². The lowest BCUT2D eigenvalue weighted by Gasteiger charge is -2.16. The normalized spacial score (nSPS) is 17.6. The summed E-state index contributed by atoms with van der Waals surface area (Å²) in [6, 6.07) is 5.77. The van der Waals surface area contributed by atoms with Gasteiger partial charge in [0, 0.05) is 6.04 Å². The van der Waals surface area contributed by atoms with Crippen LogP contribution in [0.4, 0.5) is 11.9 Å². The number of aromatic amines is 1. The fraction of sp³-hybridized carbons (Fsp3) is 0.467. The molecule has 1 heterocycles. The first-order valence-corrected chi connectivity index (χ1v) is 9.42. The van der Waals surface area contributed by atoms with Crippen molar-refractivity contribution in [3.63, 3.8) is 0 Å². The number of hydrogen-bond acceptors (Lipinski definition) is 5. The third-order valence-corrected chi connectivity index (χ3v) is 5.59. The van der Waals surface area contributed by atoms with Crippen LogP contribution < -0.4 is 10.0 Å². The zero-order valence-electron chi connectivity index (χ0n) is 12.7. The molecule has 122 valence electrons. The number of fused-ring (bicyclic) bond motifs is 1. The molecule has 0 bridgehead atoms. The van der Waals surface area contributed by atoms with Crippen LogP contribution in [0.25, 0.3) is 0 Å². The average molecular weight is 333 g/mol. The molecule has 0 atom stereocenters. The molecule has 23 heavy (non-hydrogen) atoms. The van der Waals surface area contributed by atoms with Crippen molar-refractivity contribution in [2.45, 2.75) is 49.5 Å². The lowest BCUT2D eigenvalue weighted by atomic mass is 9.92. The molecule has 0 spiro atoms. The maximum absolute atomic E-state index is 12.5. The molecule has 1 fully saturated rings. The number of nitrogens with one attached hydrogen (secondary N) is 3. The monoisotopic (exact) mass is 333 g/mol. The molecule has 0 radical (unpaired) electrons. The van der Waals surface area contributed by atoms with Gasteiger partial charge in [0.25, 0.3) is 10.0 Å². The molecule has 1 saturated carbocycles. The number of rotatable bonds is 5. The van der Waals surface area contributed by atoms with Crippen LogP contribution in [0.15, 0.2) is 23.1 Å². The highest BCUT2D eigenvalue weighted by molar-refractivity contribution is 7.92. The molecule has 7 nitrogen and oxygen atoms in total. The molecule has 0 saturated heterocycles. The summed E-state index contributed by atoms with van der Waals surface area (Å²) in [5.74, 6) is 0.557. The Morgan fingerprint density at radius 2 is 1.91 bits per heavy atom. The minimum Gasteiger partial charge on any atom is -0.350 e. The predicted octanol–water partition coefficient (Wildman–Crippen LogP) is 2.06. The quantitative estimate of drug-likeness (QED) is 0.778. The van der Waals surface area contributed by atoms with E-state index in [-0.39, 0.29) is 10.8 Å². The fourth-order valence-electron chi connectivity index (χ4n) is 2.85. The highest BCUT2D eigenvalue weighted by Crippen LogP contribution is 2.25. The maximum atomic E-state index is 12.5. The van der Waals surface area contributed by atoms with E-state index in [1.165, 1.54) is 12.0 Å². The van der Waals surface area contributed by atoms with Crippen LogP contribution in [0.1, 0.15) is 36.8 Å². The summed E-state index contributed by atoms with van der Waals surface area (Å²) in [5, 5.41) is 9.70. The van der Waals surface area contributed by atoms with Crippen molar-refractivity contribution in [3.05, 3.63) is 29.3 Å². The van der Waals surface area contributed by atoms with E-state index in [9.17, 15) is 8.42 Å². The molecule has 1 aromatic carbocycles. The van der Waals surface area contributed by atoms with Crippen molar-refractivity contribution < 1.29 is 8.42 Å². The topological polar surface area (TPSA) is 99.8 Å². The fourth-order valence-corrected chi connectivity index (χ4v) is 3.85. The van der Waals surface area contributed by atoms with Gasteiger partial charge >= 0.3 is 0 Å². The lowest BCUT2D eigenvalue weighted by molar-refractivity contribution is 0.600. The molecule has 0 unspecified atom stereocenters. The molecule has 4 rings (SSSR count). The molecule has 3 N–H and O–H groups in total. The highest BCUT2D eigenvalue weighted by atomic mass is 32.2. The molecule has 2 aliphatic rings. The van der Waals surface area contributed by atoms with E-state index in [4.69, 9.17) is 0 Å². The predicted molar refractivity (Wildman–Crippen MR) is 86.9 cm³/mol. The maximum Gasteiger partial charge on any atom is 0.264 e. The van der Waals surface area contributed by atoms with Gasteiger partial charge in [-0.25, -0.2) is 18.2 Å². The van der Waals surface area contributed by atoms with Gasteiger partial charge in [-0.05, 0) is 61.8 Å². The van der Waals surface area contributed by atoms with Crippen LogP contribution in [0.2, 0.25) is 0 Å². The molecule has 8 heteroatoms. The lowest BCUT2D eigenvalue weighted by Crippen LogP contribution is -2.15. The van der Waals surface area contributed by atoms with Gasteiger partial charge in [0.1, 0.15) is 0 Å². The van der Waals surface area contributed by atoms with Gasteiger partial charge in [0.05, 0.1) is 4.90 Å². The standard InChI is InChI=1S/C15H19N5O2S/c21-23(22,13-8-5-10-3-1-2-4-11(10)9-13)20-15-17-14(18-19-15)16-12-6-7-12/h5,8-9,12H,1-4,6-7H2,(H3,16,17,18,19,20). The van der Waals surface area contributed by atoms with E-state index in [2.05, 4.69) is 25.2 Å². The van der Waals surface area contributed by atoms with Crippen LogP contribution >= 0.6 is 0 Å². The summed E-state index contributed by atoms with van der Waals surface area (Å²) in [5.41, 5.74) is 2.39. The van der Waals surface area contributed by atoms with E-state index >= 15 is 0 Å². The Hall–Kier alpha value is -2.09. The van der Waals surface area contributed by atoms with Crippen LogP contribution in [0.5, 0.6) is 0 Å². The number of aryl methyl sites for hydroxylation is 2. The number of aromatic nitrogens is 3. The van der Waals surface area contributed by atoms with Crippen LogP contribution in [0, 0.1) is 0 Å². The minimum atomic E-state index is -3.66. The van der Waals surface area contributed by atoms with E-state index in [1.807, 2.05) is 6.07 Å². The van der Waals surface area contributed by atoms with Gasteiger partial charge in [-0.2, -0.15) is 4.98 Å². The van der Waals surface area contributed by atoms with Crippen molar-refractivity contribution >= 4 is 21.9 Å². The van der Waals surface area contributed by atoms with Gasteiger partial charge in [0.15, 0.2) is 0 Å². The van der Waals surface area contributed by atoms with Crippen molar-refractivity contribution in [1.82, 2.24) is 15.2 Å². The second-order valence-electron chi connectivity index (χ2n) is 6.17. The largest absolute Gasteiger partial charge is 0.350 e.